The molecule has 0 spiro atoms. The summed E-state index contributed by atoms with van der Waals surface area (Å²) in [5.41, 5.74) is 3.18. The molecule has 1 N–H and O–H groups in total. The van der Waals surface area contributed by atoms with Crippen molar-refractivity contribution in [2.75, 3.05) is 46.5 Å². The Morgan fingerprint density at radius 1 is 1.36 bits per heavy atom. The Morgan fingerprint density at radius 3 is 3.04 bits per heavy atom. The van der Waals surface area contributed by atoms with E-state index in [-0.39, 0.29) is 11.8 Å². The molecule has 1 atom stereocenters. The van der Waals surface area contributed by atoms with E-state index < -0.39 is 0 Å². The number of aromatic amines is 1. The molecule has 1 aromatic carbocycles. The number of H-pyrrole nitrogens is 1. The van der Waals surface area contributed by atoms with Gasteiger partial charge in [-0.3, -0.25) is 9.69 Å². The first-order valence-corrected chi connectivity index (χ1v) is 9.98. The zero-order chi connectivity index (χ0) is 19.3. The summed E-state index contributed by atoms with van der Waals surface area (Å²) in [4.78, 5) is 25.0. The number of imidazole rings is 1. The topological polar surface area (TPSA) is 70.7 Å². The highest BCUT2D eigenvalue weighted by molar-refractivity contribution is 5.76. The number of rotatable bonds is 6. The van der Waals surface area contributed by atoms with Crippen molar-refractivity contribution in [3.63, 3.8) is 0 Å². The van der Waals surface area contributed by atoms with E-state index in [1.807, 2.05) is 23.1 Å². The van der Waals surface area contributed by atoms with Gasteiger partial charge in [0.1, 0.15) is 5.75 Å². The minimum absolute atomic E-state index is 0.0632. The second-order valence-electron chi connectivity index (χ2n) is 7.43. The van der Waals surface area contributed by atoms with Crippen LogP contribution >= 0.6 is 0 Å². The number of hydrogen-bond donors (Lipinski definition) is 1. The van der Waals surface area contributed by atoms with Gasteiger partial charge in [-0.15, -0.1) is 0 Å². The first-order valence-electron chi connectivity index (χ1n) is 9.98. The van der Waals surface area contributed by atoms with E-state index in [1.165, 1.54) is 0 Å². The molecule has 1 saturated heterocycles. The maximum atomic E-state index is 12.9. The van der Waals surface area contributed by atoms with Crippen LogP contribution in [-0.2, 0) is 16.1 Å². The van der Waals surface area contributed by atoms with Crippen molar-refractivity contribution >= 4 is 5.91 Å². The summed E-state index contributed by atoms with van der Waals surface area (Å²) in [6.07, 6.45) is 3.19. The van der Waals surface area contributed by atoms with E-state index in [0.717, 1.165) is 62.0 Å². The molecule has 28 heavy (non-hydrogen) atoms. The number of amides is 1. The van der Waals surface area contributed by atoms with Crippen LogP contribution in [0, 0.1) is 0 Å². The number of carbonyl (C=O) groups is 1. The molecule has 3 heterocycles. The number of fused-ring (bicyclic) bond motifs is 1. The summed E-state index contributed by atoms with van der Waals surface area (Å²) < 4.78 is 10.8. The molecule has 4 rings (SSSR count). The highest BCUT2D eigenvalue weighted by atomic mass is 16.5. The quantitative estimate of drug-likeness (QED) is 0.825. The van der Waals surface area contributed by atoms with Gasteiger partial charge in [0.15, 0.2) is 0 Å². The predicted molar refractivity (Wildman–Crippen MR) is 105 cm³/mol. The fourth-order valence-electron chi connectivity index (χ4n) is 4.07. The van der Waals surface area contributed by atoms with Crippen LogP contribution in [0.4, 0.5) is 0 Å². The highest BCUT2D eigenvalue weighted by Gasteiger charge is 2.31. The molecule has 1 fully saturated rings. The monoisotopic (exact) mass is 384 g/mol. The number of carbonyl (C=O) groups excluding carboxylic acids is 1. The molecule has 7 heteroatoms. The van der Waals surface area contributed by atoms with Gasteiger partial charge in [-0.25, -0.2) is 4.98 Å². The Labute approximate surface area is 165 Å². The second kappa shape index (κ2) is 8.75. The van der Waals surface area contributed by atoms with E-state index in [1.54, 1.807) is 13.4 Å². The third-order valence-electron chi connectivity index (χ3n) is 5.65. The molecule has 150 valence electrons. The fraction of sp³-hybridized carbons (Fsp3) is 0.524. The third kappa shape index (κ3) is 4.20. The minimum atomic E-state index is 0.0632. The van der Waals surface area contributed by atoms with Crippen molar-refractivity contribution in [1.82, 2.24) is 19.8 Å². The van der Waals surface area contributed by atoms with Crippen LogP contribution in [0.2, 0.25) is 0 Å². The molecule has 0 saturated carbocycles. The van der Waals surface area contributed by atoms with Crippen molar-refractivity contribution in [2.24, 2.45) is 0 Å². The zero-order valence-electron chi connectivity index (χ0n) is 16.4. The molecule has 1 aromatic heterocycles. The summed E-state index contributed by atoms with van der Waals surface area (Å²) in [6.45, 7) is 5.74. The Balaban J connectivity index is 1.42. The van der Waals surface area contributed by atoms with Crippen LogP contribution in [-0.4, -0.2) is 72.2 Å². The Morgan fingerprint density at radius 2 is 2.21 bits per heavy atom. The first kappa shape index (κ1) is 19.0. The molecule has 1 amide bonds. The van der Waals surface area contributed by atoms with Crippen molar-refractivity contribution in [1.29, 1.82) is 0 Å². The number of nitrogens with one attached hydrogen (secondary N) is 1. The molecule has 2 aliphatic heterocycles. The maximum Gasteiger partial charge on any atom is 0.222 e. The molecular weight excluding hydrogens is 356 g/mol. The van der Waals surface area contributed by atoms with Gasteiger partial charge >= 0.3 is 0 Å². The van der Waals surface area contributed by atoms with Crippen molar-refractivity contribution in [2.45, 2.75) is 25.3 Å². The van der Waals surface area contributed by atoms with Crippen molar-refractivity contribution < 1.29 is 14.3 Å². The van der Waals surface area contributed by atoms with Gasteiger partial charge in [0.2, 0.25) is 5.91 Å². The second-order valence-corrected chi connectivity index (χ2v) is 7.43. The molecule has 0 aliphatic carbocycles. The van der Waals surface area contributed by atoms with Gasteiger partial charge in [-0.2, -0.15) is 0 Å². The van der Waals surface area contributed by atoms with Gasteiger partial charge in [-0.1, -0.05) is 12.1 Å². The Bertz CT molecular complexity index is 800. The Hall–Kier alpha value is -2.38. The number of aromatic nitrogens is 2. The summed E-state index contributed by atoms with van der Waals surface area (Å²) >= 11 is 0. The molecular formula is C21H28N4O3. The lowest BCUT2D eigenvalue weighted by molar-refractivity contribution is -0.132. The smallest absolute Gasteiger partial charge is 0.222 e. The van der Waals surface area contributed by atoms with E-state index >= 15 is 0 Å². The van der Waals surface area contributed by atoms with Crippen LogP contribution in [0.3, 0.4) is 0 Å². The average Bonchev–Trinajstić information content (AvgIpc) is 3.22. The third-order valence-corrected chi connectivity index (χ3v) is 5.65. The van der Waals surface area contributed by atoms with Gasteiger partial charge in [0.25, 0.3) is 0 Å². The van der Waals surface area contributed by atoms with Crippen molar-refractivity contribution in [3.05, 3.63) is 47.5 Å². The van der Waals surface area contributed by atoms with Crippen LogP contribution in [0.1, 0.15) is 35.7 Å². The van der Waals surface area contributed by atoms with E-state index in [2.05, 4.69) is 20.9 Å². The first-order chi connectivity index (χ1) is 13.7. The van der Waals surface area contributed by atoms with Crippen LogP contribution in [0.25, 0.3) is 0 Å². The number of morpholine rings is 1. The minimum Gasteiger partial charge on any atom is -0.497 e. The predicted octanol–water partition coefficient (Wildman–Crippen LogP) is 2.00. The van der Waals surface area contributed by atoms with Crippen LogP contribution < -0.4 is 4.74 Å². The SMILES string of the molecule is COc1cccc(C2CN(C(=O)CCCN3CCOCC3)Cc3[nH]cnc32)c1. The molecule has 0 radical (unpaired) electrons. The largest absolute Gasteiger partial charge is 0.497 e. The standard InChI is InChI=1S/C21H28N4O3/c1-27-17-5-2-4-16(12-17)18-13-25(14-19-21(18)23-15-22-19)20(26)6-3-7-24-8-10-28-11-9-24/h2,4-5,12,15,18H,3,6-11,13-14H2,1H3,(H,22,23). The van der Waals surface area contributed by atoms with E-state index in [9.17, 15) is 4.79 Å². The van der Waals surface area contributed by atoms with E-state index in [4.69, 9.17) is 9.47 Å². The summed E-state index contributed by atoms with van der Waals surface area (Å²) in [6, 6.07) is 8.05. The maximum absolute atomic E-state index is 12.9. The zero-order valence-corrected chi connectivity index (χ0v) is 16.4. The number of nitrogens with zero attached hydrogens (tertiary/aromatic N) is 3. The lowest BCUT2D eigenvalue weighted by Gasteiger charge is -2.33. The van der Waals surface area contributed by atoms with Gasteiger partial charge < -0.3 is 19.4 Å². The lowest BCUT2D eigenvalue weighted by atomic mass is 9.90. The number of ether oxygens (including phenoxy) is 2. The van der Waals surface area contributed by atoms with Crippen LogP contribution in [0.15, 0.2) is 30.6 Å². The summed E-state index contributed by atoms with van der Waals surface area (Å²) in [5.74, 6) is 1.10. The molecule has 7 nitrogen and oxygen atoms in total. The normalized spacial score (nSPS) is 20.0. The molecule has 2 aromatic rings. The van der Waals surface area contributed by atoms with Gasteiger partial charge in [0.05, 0.1) is 44.6 Å². The highest BCUT2D eigenvalue weighted by Crippen LogP contribution is 2.33. The number of methoxy groups -OCH3 is 1. The lowest BCUT2D eigenvalue weighted by Crippen LogP contribution is -2.40. The molecule has 2 aliphatic rings. The average molecular weight is 384 g/mol. The summed E-state index contributed by atoms with van der Waals surface area (Å²) in [5, 5.41) is 0. The Kier molecular flexibility index (Phi) is 5.92. The van der Waals surface area contributed by atoms with Crippen LogP contribution in [0.5, 0.6) is 5.75 Å². The number of benzene rings is 1. The molecule has 1 unspecified atom stereocenters. The molecule has 0 bridgehead atoms. The number of hydrogen-bond acceptors (Lipinski definition) is 5. The van der Waals surface area contributed by atoms with Gasteiger partial charge in [-0.05, 0) is 30.7 Å². The fourth-order valence-corrected chi connectivity index (χ4v) is 4.07. The van der Waals surface area contributed by atoms with Crippen molar-refractivity contribution in [3.8, 4) is 5.75 Å². The van der Waals surface area contributed by atoms with Gasteiger partial charge in [0, 0.05) is 32.0 Å². The summed E-state index contributed by atoms with van der Waals surface area (Å²) in [7, 11) is 1.67. The van der Waals surface area contributed by atoms with E-state index in [0.29, 0.717) is 19.5 Å².